The average Bonchev–Trinajstić information content (AvgIpc) is 2.82. The molecule has 1 aliphatic rings. The average molecular weight is 247 g/mol. The Morgan fingerprint density at radius 1 is 1.56 bits per heavy atom. The summed E-state index contributed by atoms with van der Waals surface area (Å²) in [6, 6.07) is 6.10. The predicted molar refractivity (Wildman–Crippen MR) is 70.9 cm³/mol. The highest BCUT2D eigenvalue weighted by Gasteiger charge is 2.32. The maximum Gasteiger partial charge on any atom is 0.227 e. The van der Waals surface area contributed by atoms with Crippen molar-refractivity contribution in [1.82, 2.24) is 15.2 Å². The van der Waals surface area contributed by atoms with E-state index in [4.69, 9.17) is 0 Å². The van der Waals surface area contributed by atoms with E-state index in [1.165, 1.54) is 0 Å². The number of hydrogen-bond acceptors (Lipinski definition) is 3. The lowest BCUT2D eigenvalue weighted by atomic mass is 10.0. The molecule has 1 aromatic rings. The van der Waals surface area contributed by atoms with Gasteiger partial charge < -0.3 is 10.2 Å². The molecule has 0 saturated carbocycles. The zero-order valence-corrected chi connectivity index (χ0v) is 11.1. The monoisotopic (exact) mass is 247 g/mol. The maximum atomic E-state index is 12.4. The van der Waals surface area contributed by atoms with Crippen LogP contribution in [0.3, 0.4) is 0 Å². The number of nitrogens with zero attached hydrogens (tertiary/aromatic N) is 2. The van der Waals surface area contributed by atoms with E-state index >= 15 is 0 Å². The summed E-state index contributed by atoms with van der Waals surface area (Å²) in [5.74, 6) is 0.370. The lowest BCUT2D eigenvalue weighted by molar-refractivity contribution is -0.136. The summed E-state index contributed by atoms with van der Waals surface area (Å²) in [5.41, 5.74) is 0.950. The summed E-state index contributed by atoms with van der Waals surface area (Å²) in [7, 11) is 0. The molecule has 1 aromatic heterocycles. The van der Waals surface area contributed by atoms with Gasteiger partial charge in [-0.2, -0.15) is 0 Å². The van der Waals surface area contributed by atoms with Gasteiger partial charge >= 0.3 is 0 Å². The molecular formula is C14H21N3O. The van der Waals surface area contributed by atoms with Crippen LogP contribution in [0.2, 0.25) is 0 Å². The Morgan fingerprint density at radius 2 is 2.39 bits per heavy atom. The number of aromatic nitrogens is 1. The number of carbonyl (C=O) groups is 1. The zero-order valence-electron chi connectivity index (χ0n) is 11.1. The molecule has 2 heterocycles. The molecule has 1 amide bonds. The molecule has 1 N–H and O–H groups in total. The SMILES string of the molecule is CCN(Cc1ccccn1)C(=O)C1CCNC1C. The number of amides is 1. The fourth-order valence-electron chi connectivity index (χ4n) is 2.46. The van der Waals surface area contributed by atoms with Crippen molar-refractivity contribution in [3.63, 3.8) is 0 Å². The van der Waals surface area contributed by atoms with E-state index in [1.54, 1.807) is 6.20 Å². The number of rotatable bonds is 4. The summed E-state index contributed by atoms with van der Waals surface area (Å²) in [4.78, 5) is 18.6. The summed E-state index contributed by atoms with van der Waals surface area (Å²) in [5, 5.41) is 3.33. The van der Waals surface area contributed by atoms with E-state index in [-0.39, 0.29) is 17.9 Å². The second-order valence-corrected chi connectivity index (χ2v) is 4.81. The van der Waals surface area contributed by atoms with Crippen LogP contribution in [0.4, 0.5) is 0 Å². The van der Waals surface area contributed by atoms with Crippen LogP contribution in [0, 0.1) is 5.92 Å². The molecule has 1 aliphatic heterocycles. The van der Waals surface area contributed by atoms with Crippen molar-refractivity contribution in [1.29, 1.82) is 0 Å². The molecule has 18 heavy (non-hydrogen) atoms. The van der Waals surface area contributed by atoms with Gasteiger partial charge in [-0.1, -0.05) is 6.07 Å². The molecular weight excluding hydrogens is 226 g/mol. The molecule has 0 aliphatic carbocycles. The van der Waals surface area contributed by atoms with Crippen molar-refractivity contribution in [2.75, 3.05) is 13.1 Å². The Hall–Kier alpha value is -1.42. The first kappa shape index (κ1) is 13.0. The Morgan fingerprint density at radius 3 is 2.94 bits per heavy atom. The van der Waals surface area contributed by atoms with Crippen LogP contribution in [0.15, 0.2) is 24.4 Å². The standard InChI is InChI=1S/C14H21N3O/c1-3-17(10-12-6-4-5-8-16-12)14(18)13-7-9-15-11(13)2/h4-6,8,11,13,15H,3,7,9-10H2,1-2H3. The molecule has 1 fully saturated rings. The summed E-state index contributed by atoms with van der Waals surface area (Å²) in [6.07, 6.45) is 2.71. The van der Waals surface area contributed by atoms with Crippen molar-refractivity contribution in [3.05, 3.63) is 30.1 Å². The summed E-state index contributed by atoms with van der Waals surface area (Å²) in [6.45, 7) is 6.40. The zero-order chi connectivity index (χ0) is 13.0. The molecule has 0 aromatic carbocycles. The Kier molecular flexibility index (Phi) is 4.31. The van der Waals surface area contributed by atoms with E-state index in [0.29, 0.717) is 6.54 Å². The first-order valence-corrected chi connectivity index (χ1v) is 6.64. The number of carbonyl (C=O) groups excluding carboxylic acids is 1. The minimum atomic E-state index is 0.119. The van der Waals surface area contributed by atoms with E-state index in [1.807, 2.05) is 30.0 Å². The molecule has 4 nitrogen and oxygen atoms in total. The molecule has 2 atom stereocenters. The minimum Gasteiger partial charge on any atom is -0.337 e. The fraction of sp³-hybridized carbons (Fsp3) is 0.571. The summed E-state index contributed by atoms with van der Waals surface area (Å²) >= 11 is 0. The van der Waals surface area contributed by atoms with E-state index < -0.39 is 0 Å². The Balaban J connectivity index is 2.02. The highest BCUT2D eigenvalue weighted by Crippen LogP contribution is 2.19. The number of pyridine rings is 1. The topological polar surface area (TPSA) is 45.2 Å². The smallest absolute Gasteiger partial charge is 0.227 e. The predicted octanol–water partition coefficient (Wildman–Crippen LogP) is 1.43. The van der Waals surface area contributed by atoms with Gasteiger partial charge in [-0.25, -0.2) is 0 Å². The van der Waals surface area contributed by atoms with Crippen LogP contribution < -0.4 is 5.32 Å². The van der Waals surface area contributed by atoms with Crippen molar-refractivity contribution in [2.24, 2.45) is 5.92 Å². The molecule has 0 spiro atoms. The van der Waals surface area contributed by atoms with Gasteiger partial charge in [0.25, 0.3) is 0 Å². The maximum absolute atomic E-state index is 12.4. The van der Waals surface area contributed by atoms with Crippen LogP contribution in [-0.4, -0.2) is 34.9 Å². The van der Waals surface area contributed by atoms with Crippen LogP contribution in [-0.2, 0) is 11.3 Å². The fourth-order valence-corrected chi connectivity index (χ4v) is 2.46. The van der Waals surface area contributed by atoms with Crippen LogP contribution in [0.5, 0.6) is 0 Å². The largest absolute Gasteiger partial charge is 0.337 e. The molecule has 2 unspecified atom stereocenters. The third-order valence-corrected chi connectivity index (χ3v) is 3.61. The van der Waals surface area contributed by atoms with Gasteiger partial charge in [0.2, 0.25) is 5.91 Å². The van der Waals surface area contributed by atoms with E-state index in [2.05, 4.69) is 17.2 Å². The molecule has 1 saturated heterocycles. The van der Waals surface area contributed by atoms with Gasteiger partial charge in [-0.05, 0) is 38.9 Å². The van der Waals surface area contributed by atoms with E-state index in [0.717, 1.165) is 25.2 Å². The Labute approximate surface area is 108 Å². The highest BCUT2D eigenvalue weighted by atomic mass is 16.2. The summed E-state index contributed by atoms with van der Waals surface area (Å²) < 4.78 is 0. The van der Waals surface area contributed by atoms with Gasteiger partial charge in [-0.15, -0.1) is 0 Å². The van der Waals surface area contributed by atoms with Crippen molar-refractivity contribution in [2.45, 2.75) is 32.9 Å². The van der Waals surface area contributed by atoms with Gasteiger partial charge in [0.15, 0.2) is 0 Å². The normalized spacial score (nSPS) is 23.0. The third-order valence-electron chi connectivity index (χ3n) is 3.61. The van der Waals surface area contributed by atoms with Gasteiger partial charge in [0.05, 0.1) is 18.2 Å². The molecule has 4 heteroatoms. The minimum absolute atomic E-state index is 0.119. The first-order chi connectivity index (χ1) is 8.72. The molecule has 98 valence electrons. The lowest BCUT2D eigenvalue weighted by Crippen LogP contribution is -2.39. The lowest BCUT2D eigenvalue weighted by Gasteiger charge is -2.25. The second-order valence-electron chi connectivity index (χ2n) is 4.81. The van der Waals surface area contributed by atoms with Crippen LogP contribution in [0.25, 0.3) is 0 Å². The quantitative estimate of drug-likeness (QED) is 0.875. The van der Waals surface area contributed by atoms with Crippen molar-refractivity contribution >= 4 is 5.91 Å². The van der Waals surface area contributed by atoms with Gasteiger partial charge in [-0.3, -0.25) is 9.78 Å². The molecule has 0 bridgehead atoms. The first-order valence-electron chi connectivity index (χ1n) is 6.64. The Bertz CT molecular complexity index is 393. The van der Waals surface area contributed by atoms with Crippen LogP contribution >= 0.6 is 0 Å². The molecule has 2 rings (SSSR count). The van der Waals surface area contributed by atoms with Gasteiger partial charge in [0, 0.05) is 18.8 Å². The van der Waals surface area contributed by atoms with Crippen LogP contribution in [0.1, 0.15) is 26.0 Å². The van der Waals surface area contributed by atoms with Crippen molar-refractivity contribution < 1.29 is 4.79 Å². The van der Waals surface area contributed by atoms with E-state index in [9.17, 15) is 4.79 Å². The number of hydrogen-bond donors (Lipinski definition) is 1. The highest BCUT2D eigenvalue weighted by molar-refractivity contribution is 5.79. The van der Waals surface area contributed by atoms with Gasteiger partial charge in [0.1, 0.15) is 0 Å². The van der Waals surface area contributed by atoms with Crippen molar-refractivity contribution in [3.8, 4) is 0 Å². The number of nitrogens with one attached hydrogen (secondary N) is 1. The third kappa shape index (κ3) is 2.88. The molecule has 0 radical (unpaired) electrons. The second kappa shape index (κ2) is 5.96.